The lowest BCUT2D eigenvalue weighted by atomic mass is 10.0. The smallest absolute Gasteiger partial charge is 0.0704 e. The maximum atomic E-state index is 3.81. The molecule has 1 aromatic carbocycles. The second-order valence-electron chi connectivity index (χ2n) is 3.93. The Morgan fingerprint density at radius 3 is 2.35 bits per heavy atom. The lowest BCUT2D eigenvalue weighted by Crippen LogP contribution is -1.95. The van der Waals surface area contributed by atoms with Crippen molar-refractivity contribution in [1.82, 2.24) is 0 Å². The molecule has 0 aliphatic heterocycles. The maximum absolute atomic E-state index is 3.81. The fraction of sp³-hybridized carbons (Fsp3) is 0.231. The molecular weight excluding hydrogens is 428 g/mol. The van der Waals surface area contributed by atoms with Gasteiger partial charge in [0.05, 0.1) is 8.61 Å². The zero-order valence-corrected chi connectivity index (χ0v) is 15.0. The Hall–Kier alpha value is 0.360. The molecule has 0 saturated carbocycles. The van der Waals surface area contributed by atoms with Crippen molar-refractivity contribution in [1.29, 1.82) is 0 Å². The van der Waals surface area contributed by atoms with Gasteiger partial charge in [-0.2, -0.15) is 0 Å². The number of halogens is 3. The van der Waals surface area contributed by atoms with Gasteiger partial charge in [-0.3, -0.25) is 0 Å². The van der Waals surface area contributed by atoms with Gasteiger partial charge in [-0.05, 0) is 64.7 Å². The summed E-state index contributed by atoms with van der Waals surface area (Å²) in [7, 11) is 0. The van der Waals surface area contributed by atoms with Gasteiger partial charge in [0.1, 0.15) is 0 Å². The molecule has 1 unspecified atom stereocenters. The Morgan fingerprint density at radius 2 is 1.76 bits per heavy atom. The van der Waals surface area contributed by atoms with Crippen molar-refractivity contribution >= 4 is 59.1 Å². The van der Waals surface area contributed by atoms with E-state index in [1.807, 2.05) is 0 Å². The highest BCUT2D eigenvalue weighted by Crippen LogP contribution is 2.40. The third-order valence-electron chi connectivity index (χ3n) is 2.71. The summed E-state index contributed by atoms with van der Waals surface area (Å²) in [4.78, 5) is 1.60. The molecule has 2 rings (SSSR count). The first-order chi connectivity index (χ1) is 7.99. The minimum Gasteiger partial charge on any atom is -0.133 e. The number of aryl methyl sites for hydroxylation is 2. The molecule has 0 N–H and O–H groups in total. The molecule has 0 amide bonds. The van der Waals surface area contributed by atoms with Gasteiger partial charge in [0.25, 0.3) is 0 Å². The van der Waals surface area contributed by atoms with Crippen LogP contribution < -0.4 is 0 Å². The summed E-state index contributed by atoms with van der Waals surface area (Å²) in [5, 5.41) is 0. The SMILES string of the molecule is Cc1ccc(Br)cc1C(Br)c1cc(Br)sc1C. The summed E-state index contributed by atoms with van der Waals surface area (Å²) >= 11 is 12.7. The Labute approximate surface area is 131 Å². The van der Waals surface area contributed by atoms with Crippen LogP contribution in [0.15, 0.2) is 32.5 Å². The zero-order valence-electron chi connectivity index (χ0n) is 9.43. The van der Waals surface area contributed by atoms with Gasteiger partial charge in [0.15, 0.2) is 0 Å². The average molecular weight is 439 g/mol. The summed E-state index contributed by atoms with van der Waals surface area (Å²) in [6.45, 7) is 4.30. The second kappa shape index (κ2) is 5.55. The molecular formula is C13H11Br3S. The van der Waals surface area contributed by atoms with Gasteiger partial charge in [-0.25, -0.2) is 0 Å². The number of thiophene rings is 1. The van der Waals surface area contributed by atoms with Crippen LogP contribution in [0, 0.1) is 13.8 Å². The monoisotopic (exact) mass is 436 g/mol. The third kappa shape index (κ3) is 3.03. The quantitative estimate of drug-likeness (QED) is 0.477. The molecule has 0 nitrogen and oxygen atoms in total. The van der Waals surface area contributed by atoms with Crippen LogP contribution in [0.1, 0.15) is 26.4 Å². The summed E-state index contributed by atoms with van der Waals surface area (Å²) in [6, 6.07) is 8.60. The normalized spacial score (nSPS) is 12.8. The van der Waals surface area contributed by atoms with Gasteiger partial charge in [-0.15, -0.1) is 11.3 Å². The highest BCUT2D eigenvalue weighted by Gasteiger charge is 2.17. The van der Waals surface area contributed by atoms with E-state index in [0.29, 0.717) is 0 Å². The first-order valence-electron chi connectivity index (χ1n) is 5.15. The molecule has 17 heavy (non-hydrogen) atoms. The van der Waals surface area contributed by atoms with Gasteiger partial charge < -0.3 is 0 Å². The largest absolute Gasteiger partial charge is 0.133 e. The number of hydrogen-bond acceptors (Lipinski definition) is 1. The van der Waals surface area contributed by atoms with Crippen molar-refractivity contribution in [3.8, 4) is 0 Å². The van der Waals surface area contributed by atoms with Crippen LogP contribution in [0.5, 0.6) is 0 Å². The molecule has 1 heterocycles. The van der Waals surface area contributed by atoms with Crippen LogP contribution in [-0.4, -0.2) is 0 Å². The van der Waals surface area contributed by atoms with Crippen molar-refractivity contribution < 1.29 is 0 Å². The summed E-state index contributed by atoms with van der Waals surface area (Å²) < 4.78 is 2.30. The first kappa shape index (κ1) is 13.8. The topological polar surface area (TPSA) is 0 Å². The van der Waals surface area contributed by atoms with Crippen molar-refractivity contribution in [3.05, 3.63) is 54.1 Å². The lowest BCUT2D eigenvalue weighted by molar-refractivity contribution is 1.13. The minimum atomic E-state index is 0.252. The highest BCUT2D eigenvalue weighted by atomic mass is 79.9. The molecule has 0 bridgehead atoms. The highest BCUT2D eigenvalue weighted by molar-refractivity contribution is 9.11. The van der Waals surface area contributed by atoms with E-state index < -0.39 is 0 Å². The zero-order chi connectivity index (χ0) is 12.6. The van der Waals surface area contributed by atoms with Crippen LogP contribution in [-0.2, 0) is 0 Å². The predicted octanol–water partition coefficient (Wildman–Crippen LogP) is 6.37. The minimum absolute atomic E-state index is 0.252. The van der Waals surface area contributed by atoms with Crippen molar-refractivity contribution in [2.24, 2.45) is 0 Å². The number of rotatable bonds is 2. The van der Waals surface area contributed by atoms with Crippen LogP contribution >= 0.6 is 59.1 Å². The molecule has 0 aliphatic rings. The van der Waals surface area contributed by atoms with E-state index in [-0.39, 0.29) is 4.83 Å². The molecule has 0 aliphatic carbocycles. The van der Waals surface area contributed by atoms with Crippen LogP contribution in [0.25, 0.3) is 0 Å². The van der Waals surface area contributed by atoms with E-state index in [0.717, 1.165) is 4.47 Å². The Morgan fingerprint density at radius 1 is 1.06 bits per heavy atom. The summed E-state index contributed by atoms with van der Waals surface area (Å²) in [5.74, 6) is 0. The Kier molecular flexibility index (Phi) is 4.50. The summed E-state index contributed by atoms with van der Waals surface area (Å²) in [6.07, 6.45) is 0. The Balaban J connectivity index is 2.46. The van der Waals surface area contributed by atoms with Gasteiger partial charge in [-0.1, -0.05) is 37.9 Å². The molecule has 1 atom stereocenters. The average Bonchev–Trinajstić information content (AvgIpc) is 2.60. The molecule has 90 valence electrons. The van der Waals surface area contributed by atoms with E-state index in [1.165, 1.54) is 25.4 Å². The van der Waals surface area contributed by atoms with Crippen molar-refractivity contribution in [2.75, 3.05) is 0 Å². The van der Waals surface area contributed by atoms with E-state index in [9.17, 15) is 0 Å². The van der Waals surface area contributed by atoms with Crippen LogP contribution in [0.2, 0.25) is 0 Å². The first-order valence-corrected chi connectivity index (χ1v) is 8.47. The Bertz CT molecular complexity index is 546. The van der Waals surface area contributed by atoms with E-state index >= 15 is 0 Å². The molecule has 4 heteroatoms. The molecule has 0 spiro atoms. The molecule has 1 aromatic heterocycles. The van der Waals surface area contributed by atoms with Crippen LogP contribution in [0.3, 0.4) is 0 Å². The standard InChI is InChI=1S/C13H11Br3S/c1-7-3-4-9(14)5-10(7)13(16)11-6-12(15)17-8(11)2/h3-6,13H,1-2H3. The fourth-order valence-corrected chi connectivity index (χ4v) is 5.01. The third-order valence-corrected chi connectivity index (χ3v) is 5.76. The second-order valence-corrected chi connectivity index (χ2v) is 8.39. The summed E-state index contributed by atoms with van der Waals surface area (Å²) in [5.41, 5.74) is 3.95. The molecule has 0 fully saturated rings. The maximum Gasteiger partial charge on any atom is 0.0704 e. The van der Waals surface area contributed by atoms with Gasteiger partial charge >= 0.3 is 0 Å². The lowest BCUT2D eigenvalue weighted by Gasteiger charge is -2.13. The van der Waals surface area contributed by atoms with Gasteiger partial charge in [0.2, 0.25) is 0 Å². The number of alkyl halides is 1. The van der Waals surface area contributed by atoms with Gasteiger partial charge in [0, 0.05) is 9.35 Å². The molecule has 0 saturated heterocycles. The van der Waals surface area contributed by atoms with Crippen molar-refractivity contribution in [3.63, 3.8) is 0 Å². The van der Waals surface area contributed by atoms with E-state index in [1.54, 1.807) is 11.3 Å². The van der Waals surface area contributed by atoms with Crippen LogP contribution in [0.4, 0.5) is 0 Å². The molecule has 0 radical (unpaired) electrons. The molecule has 2 aromatic rings. The fourth-order valence-electron chi connectivity index (χ4n) is 1.76. The van der Waals surface area contributed by atoms with Crippen molar-refractivity contribution in [2.45, 2.75) is 18.7 Å². The number of hydrogen-bond donors (Lipinski definition) is 0. The van der Waals surface area contributed by atoms with E-state index in [2.05, 4.69) is 85.9 Å². The van der Waals surface area contributed by atoms with E-state index in [4.69, 9.17) is 0 Å². The number of benzene rings is 1. The predicted molar refractivity (Wildman–Crippen MR) is 86.4 cm³/mol.